The van der Waals surface area contributed by atoms with Gasteiger partial charge in [0.1, 0.15) is 0 Å². The highest BCUT2D eigenvalue weighted by Crippen LogP contribution is 2.45. The molecule has 13 heavy (non-hydrogen) atoms. The van der Waals surface area contributed by atoms with Crippen molar-refractivity contribution >= 4 is 0 Å². The fourth-order valence-electron chi connectivity index (χ4n) is 3.14. The Labute approximate surface area is 80.6 Å². The summed E-state index contributed by atoms with van der Waals surface area (Å²) >= 11 is 0. The van der Waals surface area contributed by atoms with E-state index in [2.05, 4.69) is 24.4 Å². The van der Waals surface area contributed by atoms with Gasteiger partial charge in [-0.2, -0.15) is 0 Å². The highest BCUT2D eigenvalue weighted by Gasteiger charge is 2.39. The molecule has 2 saturated carbocycles. The van der Waals surface area contributed by atoms with Crippen LogP contribution in [0.15, 0.2) is 12.2 Å². The molecule has 0 aliphatic heterocycles. The first-order valence-corrected chi connectivity index (χ1v) is 5.77. The molecule has 3 aliphatic carbocycles. The average molecular weight is 177 g/mol. The van der Waals surface area contributed by atoms with Gasteiger partial charge in [-0.15, -0.1) is 0 Å². The molecule has 4 unspecified atom stereocenters. The molecule has 2 fully saturated rings. The summed E-state index contributed by atoms with van der Waals surface area (Å²) in [6.45, 7) is 2.39. The number of allylic oxidation sites excluding steroid dienone is 2. The van der Waals surface area contributed by atoms with Crippen LogP contribution in [0.3, 0.4) is 0 Å². The maximum absolute atomic E-state index is 3.75. The van der Waals surface area contributed by atoms with E-state index in [1.54, 1.807) is 0 Å². The number of fused-ring (bicyclic) bond motifs is 2. The summed E-state index contributed by atoms with van der Waals surface area (Å²) in [5.74, 6) is 2.78. The third-order valence-electron chi connectivity index (χ3n) is 4.05. The smallest absolute Gasteiger partial charge is 0.00754 e. The maximum atomic E-state index is 3.75. The third kappa shape index (κ3) is 1.43. The molecule has 3 aliphatic rings. The van der Waals surface area contributed by atoms with Crippen LogP contribution >= 0.6 is 0 Å². The van der Waals surface area contributed by atoms with Crippen molar-refractivity contribution in [2.45, 2.75) is 44.7 Å². The summed E-state index contributed by atoms with van der Waals surface area (Å²) in [7, 11) is 0. The lowest BCUT2D eigenvalue weighted by Gasteiger charge is -2.26. The lowest BCUT2D eigenvalue weighted by molar-refractivity contribution is 0.326. The van der Waals surface area contributed by atoms with Gasteiger partial charge in [0.25, 0.3) is 0 Å². The fraction of sp³-hybridized carbons (Fsp3) is 0.833. The van der Waals surface area contributed by atoms with Crippen LogP contribution in [-0.4, -0.2) is 12.1 Å². The summed E-state index contributed by atoms with van der Waals surface area (Å²) in [5, 5.41) is 3.75. The first kappa shape index (κ1) is 8.05. The Bertz CT molecular complexity index is 229. The largest absolute Gasteiger partial charge is 0.311 e. The van der Waals surface area contributed by atoms with Crippen molar-refractivity contribution in [1.82, 2.24) is 5.32 Å². The monoisotopic (exact) mass is 177 g/mol. The molecule has 0 heterocycles. The quantitative estimate of drug-likeness (QED) is 0.652. The fourth-order valence-corrected chi connectivity index (χ4v) is 3.14. The Kier molecular flexibility index (Phi) is 1.76. The summed E-state index contributed by atoms with van der Waals surface area (Å²) in [5.41, 5.74) is 0. The van der Waals surface area contributed by atoms with Gasteiger partial charge in [0.2, 0.25) is 0 Å². The van der Waals surface area contributed by atoms with Gasteiger partial charge in [-0.3, -0.25) is 0 Å². The van der Waals surface area contributed by atoms with Gasteiger partial charge in [-0.25, -0.2) is 0 Å². The molecule has 72 valence electrons. The second kappa shape index (κ2) is 2.84. The SMILES string of the molecule is CC(NC1CC1)C1CC2C=CC1C2. The molecule has 1 nitrogen and oxygen atoms in total. The van der Waals surface area contributed by atoms with Crippen LogP contribution in [0.2, 0.25) is 0 Å². The van der Waals surface area contributed by atoms with E-state index in [1.807, 2.05) is 0 Å². The first-order chi connectivity index (χ1) is 6.33. The molecule has 0 saturated heterocycles. The van der Waals surface area contributed by atoms with E-state index < -0.39 is 0 Å². The van der Waals surface area contributed by atoms with Crippen LogP contribution in [0.25, 0.3) is 0 Å². The minimum absolute atomic E-state index is 0.757. The number of hydrogen-bond acceptors (Lipinski definition) is 1. The van der Waals surface area contributed by atoms with Crippen molar-refractivity contribution in [3.05, 3.63) is 12.2 Å². The Balaban J connectivity index is 1.61. The second-order valence-electron chi connectivity index (χ2n) is 5.17. The van der Waals surface area contributed by atoms with Crippen LogP contribution in [0.1, 0.15) is 32.6 Å². The van der Waals surface area contributed by atoms with E-state index in [0.717, 1.165) is 29.8 Å². The standard InChI is InChI=1S/C12H19N/c1-8(13-11-4-5-11)12-7-9-2-3-10(12)6-9/h2-3,8-13H,4-7H2,1H3. The molecule has 1 N–H and O–H groups in total. The molecule has 0 aromatic heterocycles. The summed E-state index contributed by atoms with van der Waals surface area (Å²) < 4.78 is 0. The lowest BCUT2D eigenvalue weighted by Crippen LogP contribution is -2.36. The molecule has 4 atom stereocenters. The van der Waals surface area contributed by atoms with Crippen molar-refractivity contribution in [2.24, 2.45) is 17.8 Å². The topological polar surface area (TPSA) is 12.0 Å². The zero-order valence-corrected chi connectivity index (χ0v) is 8.37. The van der Waals surface area contributed by atoms with E-state index in [9.17, 15) is 0 Å². The number of nitrogens with one attached hydrogen (secondary N) is 1. The summed E-state index contributed by atoms with van der Waals surface area (Å²) in [6.07, 6.45) is 10.6. The molecule has 0 spiro atoms. The van der Waals surface area contributed by atoms with E-state index in [-0.39, 0.29) is 0 Å². The van der Waals surface area contributed by atoms with E-state index in [4.69, 9.17) is 0 Å². The predicted molar refractivity (Wildman–Crippen MR) is 54.5 cm³/mol. The van der Waals surface area contributed by atoms with Crippen molar-refractivity contribution in [2.75, 3.05) is 0 Å². The number of hydrogen-bond donors (Lipinski definition) is 1. The minimum atomic E-state index is 0.757. The summed E-state index contributed by atoms with van der Waals surface area (Å²) in [6, 6.07) is 1.63. The van der Waals surface area contributed by atoms with E-state index in [0.29, 0.717) is 0 Å². The van der Waals surface area contributed by atoms with Crippen molar-refractivity contribution in [3.63, 3.8) is 0 Å². The predicted octanol–water partition coefficient (Wildman–Crippen LogP) is 2.34. The third-order valence-corrected chi connectivity index (χ3v) is 4.05. The Morgan fingerprint density at radius 2 is 2.08 bits per heavy atom. The number of rotatable bonds is 3. The van der Waals surface area contributed by atoms with Crippen molar-refractivity contribution < 1.29 is 0 Å². The van der Waals surface area contributed by atoms with Gasteiger partial charge in [0.15, 0.2) is 0 Å². The van der Waals surface area contributed by atoms with Gasteiger partial charge in [-0.05, 0) is 50.4 Å². The summed E-state index contributed by atoms with van der Waals surface area (Å²) in [4.78, 5) is 0. The van der Waals surface area contributed by atoms with Crippen molar-refractivity contribution in [3.8, 4) is 0 Å². The minimum Gasteiger partial charge on any atom is -0.311 e. The van der Waals surface area contributed by atoms with Gasteiger partial charge in [0, 0.05) is 12.1 Å². The lowest BCUT2D eigenvalue weighted by atomic mass is 9.87. The molecule has 0 amide bonds. The normalized spacial score (nSPS) is 44.2. The van der Waals surface area contributed by atoms with Crippen LogP contribution in [-0.2, 0) is 0 Å². The second-order valence-corrected chi connectivity index (χ2v) is 5.17. The molecule has 2 bridgehead atoms. The van der Waals surface area contributed by atoms with E-state index >= 15 is 0 Å². The zero-order valence-electron chi connectivity index (χ0n) is 8.37. The van der Waals surface area contributed by atoms with Crippen LogP contribution in [0.5, 0.6) is 0 Å². The zero-order chi connectivity index (χ0) is 8.84. The highest BCUT2D eigenvalue weighted by molar-refractivity contribution is 5.12. The van der Waals surface area contributed by atoms with Gasteiger partial charge >= 0.3 is 0 Å². The van der Waals surface area contributed by atoms with Crippen LogP contribution < -0.4 is 5.32 Å². The average Bonchev–Trinajstić information content (AvgIpc) is 2.71. The Morgan fingerprint density at radius 3 is 2.62 bits per heavy atom. The first-order valence-electron chi connectivity index (χ1n) is 5.77. The highest BCUT2D eigenvalue weighted by atomic mass is 15.0. The molecule has 0 aromatic carbocycles. The van der Waals surface area contributed by atoms with Crippen molar-refractivity contribution in [1.29, 1.82) is 0 Å². The van der Waals surface area contributed by atoms with E-state index in [1.165, 1.54) is 25.7 Å². The molecule has 0 aromatic rings. The molecular weight excluding hydrogens is 158 g/mol. The molecule has 0 radical (unpaired) electrons. The van der Waals surface area contributed by atoms with Gasteiger partial charge < -0.3 is 5.32 Å². The van der Waals surface area contributed by atoms with Gasteiger partial charge in [-0.1, -0.05) is 12.2 Å². The van der Waals surface area contributed by atoms with Crippen LogP contribution in [0.4, 0.5) is 0 Å². The van der Waals surface area contributed by atoms with Crippen LogP contribution in [0, 0.1) is 17.8 Å². The maximum Gasteiger partial charge on any atom is 0.00754 e. The Morgan fingerprint density at radius 1 is 1.23 bits per heavy atom. The Hall–Kier alpha value is -0.300. The molecule has 3 rings (SSSR count). The van der Waals surface area contributed by atoms with Gasteiger partial charge in [0.05, 0.1) is 0 Å². The molecule has 1 heteroatoms. The molecular formula is C12H19N.